The third kappa shape index (κ3) is 13.9. The number of hydrogen-bond acceptors (Lipinski definition) is 8. The van der Waals surface area contributed by atoms with E-state index < -0.39 is 22.0 Å². The van der Waals surface area contributed by atoms with Crippen LogP contribution in [0.1, 0.15) is 75.3 Å². The van der Waals surface area contributed by atoms with Crippen molar-refractivity contribution >= 4 is 10.1 Å². The largest absolute Gasteiger partial charge is 0.494 e. The number of likely N-dealkylation sites (tertiary alicyclic amines) is 2. The molecule has 9 heteroatoms. The summed E-state index contributed by atoms with van der Waals surface area (Å²) in [5.41, 5.74) is 1.83. The molecular weight excluding hydrogens is 576 g/mol. The number of rotatable bonds is 18. The molecule has 0 saturated carbocycles. The van der Waals surface area contributed by atoms with Crippen LogP contribution < -0.4 is 9.47 Å². The molecule has 2 aromatic rings. The minimum Gasteiger partial charge on any atom is -0.494 e. The van der Waals surface area contributed by atoms with Gasteiger partial charge in [-0.1, -0.05) is 49.9 Å². The van der Waals surface area contributed by atoms with Crippen LogP contribution in [0.4, 0.5) is 0 Å². The van der Waals surface area contributed by atoms with Gasteiger partial charge >= 0.3 is 0 Å². The smallest absolute Gasteiger partial charge is 0.269 e. The topological polar surface area (TPSA) is 88.5 Å². The van der Waals surface area contributed by atoms with E-state index in [-0.39, 0.29) is 13.0 Å². The molecule has 4 rings (SSSR count). The second-order valence-corrected chi connectivity index (χ2v) is 14.0. The van der Waals surface area contributed by atoms with Crippen LogP contribution >= 0.6 is 0 Å². The highest BCUT2D eigenvalue weighted by atomic mass is 32.2. The van der Waals surface area contributed by atoms with E-state index in [1.807, 2.05) is 48.5 Å². The maximum absolute atomic E-state index is 12.5. The molecule has 8 nitrogen and oxygen atoms in total. The summed E-state index contributed by atoms with van der Waals surface area (Å²) in [6, 6.07) is 15.3. The van der Waals surface area contributed by atoms with Crippen molar-refractivity contribution in [3.8, 4) is 11.5 Å². The average molecular weight is 631 g/mol. The molecule has 1 atom stereocenters. The Kier molecular flexibility index (Phi) is 15.3. The number of benzene rings is 2. The molecule has 1 N–H and O–H groups in total. The number of aliphatic hydroxyl groups excluding tert-OH is 1. The van der Waals surface area contributed by atoms with Gasteiger partial charge in [0.1, 0.15) is 17.3 Å². The lowest BCUT2D eigenvalue weighted by molar-refractivity contribution is 0.192. The van der Waals surface area contributed by atoms with E-state index in [9.17, 15) is 13.5 Å². The molecule has 0 spiro atoms. The molecule has 44 heavy (non-hydrogen) atoms. The Balaban J connectivity index is 1.07. The van der Waals surface area contributed by atoms with Gasteiger partial charge in [-0.3, -0.25) is 4.18 Å². The third-order valence-corrected chi connectivity index (χ3v) is 9.86. The van der Waals surface area contributed by atoms with Gasteiger partial charge in [0.2, 0.25) is 0 Å². The van der Waals surface area contributed by atoms with Crippen molar-refractivity contribution in [2.45, 2.75) is 83.2 Å². The molecule has 1 unspecified atom stereocenters. The second-order valence-electron chi connectivity index (χ2n) is 12.4. The van der Waals surface area contributed by atoms with Crippen LogP contribution in [0.3, 0.4) is 0 Å². The zero-order valence-electron chi connectivity index (χ0n) is 26.5. The van der Waals surface area contributed by atoms with Crippen LogP contribution in [0.2, 0.25) is 0 Å². The fraction of sp³-hybridized carbons (Fsp3) is 0.657. The van der Waals surface area contributed by atoms with Crippen LogP contribution in [0.5, 0.6) is 11.5 Å². The van der Waals surface area contributed by atoms with Gasteiger partial charge in [-0.25, -0.2) is 0 Å². The van der Waals surface area contributed by atoms with Gasteiger partial charge in [0.05, 0.1) is 25.9 Å². The molecule has 2 saturated heterocycles. The average Bonchev–Trinajstić information content (AvgIpc) is 3.44. The Morgan fingerprint density at radius 1 is 0.636 bits per heavy atom. The van der Waals surface area contributed by atoms with E-state index in [4.69, 9.17) is 13.7 Å². The standard InChI is InChI=1S/C35H54N2O6S/c38-33(29-32-13-17-35(18-14-32)42-27-10-25-37-22-7-3-4-8-23-37)30-44(39,40)43-28-19-31-11-15-34(16-12-31)41-26-9-24-36-20-5-1-2-6-21-36/h11-18,33,38H,1-10,19-30H2. The van der Waals surface area contributed by atoms with Gasteiger partial charge in [-0.15, -0.1) is 0 Å². The molecule has 2 aliphatic rings. The maximum atomic E-state index is 12.5. The minimum absolute atomic E-state index is 0.0366. The molecule has 0 aliphatic carbocycles. The van der Waals surface area contributed by atoms with Crippen LogP contribution in [-0.4, -0.2) is 94.3 Å². The SMILES string of the molecule is O=S(=O)(CC(O)Cc1ccc(OCCCN2CCCCCC2)cc1)OCCc1ccc(OCCCN2CCCCCC2)cc1. The van der Waals surface area contributed by atoms with Gasteiger partial charge in [-0.05, 0) is 113 Å². The lowest BCUT2D eigenvalue weighted by atomic mass is 10.1. The van der Waals surface area contributed by atoms with Gasteiger partial charge in [0.15, 0.2) is 0 Å². The minimum atomic E-state index is -3.85. The van der Waals surface area contributed by atoms with Gasteiger partial charge in [0.25, 0.3) is 10.1 Å². The molecule has 2 aromatic carbocycles. The first-order valence-corrected chi connectivity index (χ1v) is 18.5. The predicted octanol–water partition coefficient (Wildman–Crippen LogP) is 5.47. The summed E-state index contributed by atoms with van der Waals surface area (Å²) in [5, 5.41) is 10.4. The van der Waals surface area contributed by atoms with Crippen LogP contribution in [-0.2, 0) is 27.1 Å². The Morgan fingerprint density at radius 3 is 1.57 bits per heavy atom. The normalized spacial score (nSPS) is 17.9. The highest BCUT2D eigenvalue weighted by Gasteiger charge is 2.19. The van der Waals surface area contributed by atoms with E-state index in [0.717, 1.165) is 48.6 Å². The Morgan fingerprint density at radius 2 is 1.09 bits per heavy atom. The highest BCUT2D eigenvalue weighted by molar-refractivity contribution is 7.86. The van der Waals surface area contributed by atoms with Crippen molar-refractivity contribution in [1.82, 2.24) is 9.80 Å². The fourth-order valence-electron chi connectivity index (χ4n) is 6.05. The van der Waals surface area contributed by atoms with Crippen LogP contribution in [0.15, 0.2) is 48.5 Å². The van der Waals surface area contributed by atoms with Crippen molar-refractivity contribution in [1.29, 1.82) is 0 Å². The van der Waals surface area contributed by atoms with Crippen molar-refractivity contribution in [2.75, 3.05) is 64.8 Å². The number of aliphatic hydroxyl groups is 1. The summed E-state index contributed by atoms with van der Waals surface area (Å²) in [5.74, 6) is 1.17. The molecular formula is C35H54N2O6S. The first-order valence-electron chi connectivity index (χ1n) is 16.9. The van der Waals surface area contributed by atoms with Crippen molar-refractivity contribution in [2.24, 2.45) is 0 Å². The van der Waals surface area contributed by atoms with E-state index in [1.165, 1.54) is 77.5 Å². The fourth-order valence-corrected chi connectivity index (χ4v) is 7.07. The summed E-state index contributed by atoms with van der Waals surface area (Å²) < 4.78 is 41.9. The molecule has 2 aliphatic heterocycles. The number of hydrogen-bond donors (Lipinski definition) is 1. The monoisotopic (exact) mass is 630 g/mol. The molecule has 2 fully saturated rings. The summed E-state index contributed by atoms with van der Waals surface area (Å²) >= 11 is 0. The third-order valence-electron chi connectivity index (χ3n) is 8.54. The van der Waals surface area contributed by atoms with Crippen molar-refractivity contribution in [3.05, 3.63) is 59.7 Å². The summed E-state index contributed by atoms with van der Waals surface area (Å²) in [4.78, 5) is 5.07. The van der Waals surface area contributed by atoms with Gasteiger partial charge < -0.3 is 24.4 Å². The molecule has 0 amide bonds. The van der Waals surface area contributed by atoms with E-state index >= 15 is 0 Å². The molecule has 0 radical (unpaired) electrons. The summed E-state index contributed by atoms with van der Waals surface area (Å²) in [6.45, 7) is 8.35. The quantitative estimate of drug-likeness (QED) is 0.171. The first kappa shape index (κ1) is 34.7. The predicted molar refractivity (Wildman–Crippen MR) is 176 cm³/mol. The molecule has 246 valence electrons. The van der Waals surface area contributed by atoms with Crippen molar-refractivity contribution < 1.29 is 27.2 Å². The lowest BCUT2D eigenvalue weighted by Gasteiger charge is -2.19. The summed E-state index contributed by atoms with van der Waals surface area (Å²) in [7, 11) is -3.85. The highest BCUT2D eigenvalue weighted by Crippen LogP contribution is 2.17. The Hall–Kier alpha value is -2.17. The van der Waals surface area contributed by atoms with Crippen molar-refractivity contribution in [3.63, 3.8) is 0 Å². The van der Waals surface area contributed by atoms with Gasteiger partial charge in [-0.2, -0.15) is 8.42 Å². The zero-order chi connectivity index (χ0) is 30.9. The first-order chi connectivity index (χ1) is 21.4. The number of ether oxygens (including phenoxy) is 2. The van der Waals surface area contributed by atoms with E-state index in [2.05, 4.69) is 9.80 Å². The van der Waals surface area contributed by atoms with Crippen LogP contribution in [0, 0.1) is 0 Å². The molecule has 0 bridgehead atoms. The zero-order valence-corrected chi connectivity index (χ0v) is 27.4. The molecule has 0 aromatic heterocycles. The lowest BCUT2D eigenvalue weighted by Crippen LogP contribution is -2.26. The molecule has 2 heterocycles. The van der Waals surface area contributed by atoms with E-state index in [0.29, 0.717) is 19.6 Å². The second kappa shape index (κ2) is 19.4. The maximum Gasteiger partial charge on any atom is 0.269 e. The Bertz CT molecular complexity index is 1140. The Labute approximate surface area is 265 Å². The van der Waals surface area contributed by atoms with E-state index in [1.54, 1.807) is 0 Å². The number of nitrogens with zero attached hydrogens (tertiary/aromatic N) is 2. The van der Waals surface area contributed by atoms with Crippen LogP contribution in [0.25, 0.3) is 0 Å². The summed E-state index contributed by atoms with van der Waals surface area (Å²) in [6.07, 6.45) is 12.3. The van der Waals surface area contributed by atoms with Gasteiger partial charge in [0, 0.05) is 13.1 Å².